The van der Waals surface area contributed by atoms with Crippen molar-refractivity contribution in [3.63, 3.8) is 0 Å². The summed E-state index contributed by atoms with van der Waals surface area (Å²) in [5.41, 5.74) is 0. The van der Waals surface area contributed by atoms with Crippen LogP contribution in [-0.4, -0.2) is 36.6 Å². The van der Waals surface area contributed by atoms with Crippen LogP contribution in [0.5, 0.6) is 0 Å². The first-order chi connectivity index (χ1) is 13.3. The highest BCUT2D eigenvalue weighted by atomic mass is 16.5. The van der Waals surface area contributed by atoms with Gasteiger partial charge in [-0.3, -0.25) is 0 Å². The Bertz CT molecular complexity index is 516. The fraction of sp³-hybridized carbons (Fsp3) is 1.00. The number of hydrogen-bond acceptors (Lipinski definition) is 3. The molecule has 3 heteroatoms. The second-order valence-electron chi connectivity index (χ2n) is 11.4. The van der Waals surface area contributed by atoms with Gasteiger partial charge in [-0.25, -0.2) is 0 Å². The minimum atomic E-state index is 0.426. The van der Waals surface area contributed by atoms with Gasteiger partial charge in [0.15, 0.2) is 0 Å². The van der Waals surface area contributed by atoms with E-state index in [1.807, 2.05) is 0 Å². The van der Waals surface area contributed by atoms with Crippen molar-refractivity contribution in [3.8, 4) is 0 Å². The first-order valence-corrected chi connectivity index (χ1v) is 12.1. The Hall–Kier alpha value is -0.120. The van der Waals surface area contributed by atoms with Crippen molar-refractivity contribution in [1.29, 1.82) is 0 Å². The summed E-state index contributed by atoms with van der Waals surface area (Å²) in [5.74, 6) is 9.96. The maximum absolute atomic E-state index is 9.68. The number of rotatable bonds is 6. The van der Waals surface area contributed by atoms with Crippen molar-refractivity contribution in [3.05, 3.63) is 0 Å². The average molecular weight is 375 g/mol. The Kier molecular flexibility index (Phi) is 4.40. The number of aliphatic hydroxyl groups excluding tert-OH is 2. The van der Waals surface area contributed by atoms with Gasteiger partial charge in [0, 0.05) is 26.4 Å². The zero-order valence-electron chi connectivity index (χ0n) is 16.7. The van der Waals surface area contributed by atoms with E-state index in [0.717, 1.165) is 72.4 Å². The van der Waals surface area contributed by atoms with Gasteiger partial charge in [0.1, 0.15) is 0 Å². The normalized spacial score (nSPS) is 57.6. The molecule has 152 valence electrons. The molecule has 3 nitrogen and oxygen atoms in total. The molecule has 6 saturated carbocycles. The second kappa shape index (κ2) is 6.71. The van der Waals surface area contributed by atoms with Crippen molar-refractivity contribution in [2.45, 2.75) is 51.4 Å². The van der Waals surface area contributed by atoms with E-state index < -0.39 is 0 Å². The summed E-state index contributed by atoms with van der Waals surface area (Å²) in [4.78, 5) is 0. The van der Waals surface area contributed by atoms with Gasteiger partial charge in [0.25, 0.3) is 0 Å². The predicted molar refractivity (Wildman–Crippen MR) is 104 cm³/mol. The van der Waals surface area contributed by atoms with Gasteiger partial charge in [-0.2, -0.15) is 0 Å². The molecule has 12 unspecified atom stereocenters. The molecule has 0 aromatic heterocycles. The molecule has 0 radical (unpaired) electrons. The van der Waals surface area contributed by atoms with Crippen molar-refractivity contribution in [2.75, 3.05) is 26.4 Å². The molecule has 27 heavy (non-hydrogen) atoms. The number of fused-ring (bicyclic) bond motifs is 10. The lowest BCUT2D eigenvalue weighted by atomic mass is 9.73. The molecule has 6 aliphatic rings. The molecule has 0 saturated heterocycles. The second-order valence-corrected chi connectivity index (χ2v) is 11.4. The largest absolute Gasteiger partial charge is 0.396 e. The van der Waals surface area contributed by atoms with Crippen LogP contribution in [0.2, 0.25) is 0 Å². The van der Waals surface area contributed by atoms with Crippen molar-refractivity contribution in [1.82, 2.24) is 0 Å². The SMILES string of the molecule is OCC1CCC2C3CC(CC3COCC3CC4CC3C3CCC(CO)C43)C12. The van der Waals surface area contributed by atoms with E-state index in [1.54, 1.807) is 0 Å². The molecule has 4 bridgehead atoms. The summed E-state index contributed by atoms with van der Waals surface area (Å²) >= 11 is 0. The van der Waals surface area contributed by atoms with E-state index in [0.29, 0.717) is 25.0 Å². The quantitative estimate of drug-likeness (QED) is 0.747. The minimum Gasteiger partial charge on any atom is -0.396 e. The monoisotopic (exact) mass is 374 g/mol. The van der Waals surface area contributed by atoms with Crippen LogP contribution in [-0.2, 0) is 4.74 Å². The van der Waals surface area contributed by atoms with Crippen LogP contribution >= 0.6 is 0 Å². The number of hydrogen-bond donors (Lipinski definition) is 2. The van der Waals surface area contributed by atoms with Crippen molar-refractivity contribution < 1.29 is 14.9 Å². The first kappa shape index (κ1) is 17.7. The lowest BCUT2D eigenvalue weighted by Gasteiger charge is -2.35. The molecule has 0 aliphatic heterocycles. The van der Waals surface area contributed by atoms with Crippen molar-refractivity contribution in [2.24, 2.45) is 71.0 Å². The van der Waals surface area contributed by atoms with Crippen LogP contribution in [0.3, 0.4) is 0 Å². The summed E-state index contributed by atoms with van der Waals surface area (Å²) < 4.78 is 6.41. The molecule has 6 fully saturated rings. The van der Waals surface area contributed by atoms with Crippen LogP contribution in [0.15, 0.2) is 0 Å². The maximum atomic E-state index is 9.68. The lowest BCUT2D eigenvalue weighted by molar-refractivity contribution is 0.00893. The van der Waals surface area contributed by atoms with Crippen LogP contribution in [0.1, 0.15) is 51.4 Å². The van der Waals surface area contributed by atoms with Gasteiger partial charge in [-0.1, -0.05) is 0 Å². The minimum absolute atomic E-state index is 0.426. The molecule has 0 heterocycles. The third-order valence-corrected chi connectivity index (χ3v) is 10.7. The fourth-order valence-electron chi connectivity index (χ4n) is 10.0. The molecular weight excluding hydrogens is 336 g/mol. The van der Waals surface area contributed by atoms with E-state index in [9.17, 15) is 10.2 Å². The van der Waals surface area contributed by atoms with E-state index in [4.69, 9.17) is 4.74 Å². The Morgan fingerprint density at radius 3 is 1.48 bits per heavy atom. The van der Waals surface area contributed by atoms with E-state index in [-0.39, 0.29) is 0 Å². The van der Waals surface area contributed by atoms with Crippen molar-refractivity contribution >= 4 is 0 Å². The molecule has 2 N–H and O–H groups in total. The summed E-state index contributed by atoms with van der Waals surface area (Å²) in [6, 6.07) is 0. The first-order valence-electron chi connectivity index (χ1n) is 12.1. The van der Waals surface area contributed by atoms with Crippen LogP contribution < -0.4 is 0 Å². The Labute approximate surface area is 164 Å². The molecule has 0 aromatic carbocycles. The third-order valence-electron chi connectivity index (χ3n) is 10.7. The summed E-state index contributed by atoms with van der Waals surface area (Å²) in [6.45, 7) is 2.87. The highest BCUT2D eigenvalue weighted by Crippen LogP contribution is 2.64. The van der Waals surface area contributed by atoms with E-state index in [2.05, 4.69) is 0 Å². The lowest BCUT2D eigenvalue weighted by Crippen LogP contribution is -2.33. The van der Waals surface area contributed by atoms with Gasteiger partial charge in [-0.05, 0) is 122 Å². The molecule has 12 atom stereocenters. The van der Waals surface area contributed by atoms with E-state index >= 15 is 0 Å². The fourth-order valence-corrected chi connectivity index (χ4v) is 10.0. The Morgan fingerprint density at radius 1 is 0.556 bits per heavy atom. The molecule has 0 amide bonds. The Balaban J connectivity index is 1.01. The van der Waals surface area contributed by atoms with E-state index in [1.165, 1.54) is 51.4 Å². The zero-order chi connectivity index (χ0) is 18.1. The molecule has 6 rings (SSSR count). The maximum Gasteiger partial charge on any atom is 0.0497 e. The molecule has 0 spiro atoms. The highest BCUT2D eigenvalue weighted by molar-refractivity contribution is 5.07. The smallest absolute Gasteiger partial charge is 0.0497 e. The molecular formula is C24H38O3. The molecule has 6 aliphatic carbocycles. The van der Waals surface area contributed by atoms with Gasteiger partial charge < -0.3 is 14.9 Å². The summed E-state index contributed by atoms with van der Waals surface area (Å²) in [5, 5.41) is 19.4. The summed E-state index contributed by atoms with van der Waals surface area (Å²) in [7, 11) is 0. The van der Waals surface area contributed by atoms with Crippen LogP contribution in [0.25, 0.3) is 0 Å². The average Bonchev–Trinajstić information content (AvgIpc) is 3.47. The zero-order valence-corrected chi connectivity index (χ0v) is 16.7. The Morgan fingerprint density at radius 2 is 1.04 bits per heavy atom. The predicted octanol–water partition coefficient (Wildman–Crippen LogP) is 3.58. The topological polar surface area (TPSA) is 49.7 Å². The van der Waals surface area contributed by atoms with Gasteiger partial charge >= 0.3 is 0 Å². The van der Waals surface area contributed by atoms with Crippen LogP contribution in [0.4, 0.5) is 0 Å². The van der Waals surface area contributed by atoms with Gasteiger partial charge in [-0.15, -0.1) is 0 Å². The standard InChI is InChI=1S/C24H38O3/c25-9-13-1-3-19-21-7-15(23(13)19)5-17(21)11-27-12-18-6-16-8-22(18)20-4-2-14(10-26)24(16)20/h13-26H,1-12H2. The number of aliphatic hydroxyl groups is 2. The number of ether oxygens (including phenoxy) is 1. The summed E-state index contributed by atoms with van der Waals surface area (Å²) in [6.07, 6.45) is 10.9. The van der Waals surface area contributed by atoms with Gasteiger partial charge in [0.05, 0.1) is 0 Å². The van der Waals surface area contributed by atoms with Crippen LogP contribution in [0, 0.1) is 71.0 Å². The molecule has 0 aromatic rings. The van der Waals surface area contributed by atoms with Gasteiger partial charge in [0.2, 0.25) is 0 Å². The highest BCUT2D eigenvalue weighted by Gasteiger charge is 2.58. The third kappa shape index (κ3) is 2.56.